The van der Waals surface area contributed by atoms with Crippen molar-refractivity contribution in [1.29, 1.82) is 0 Å². The van der Waals surface area contributed by atoms with Crippen molar-refractivity contribution in [3.05, 3.63) is 0 Å². The topological polar surface area (TPSA) is 314 Å². The Morgan fingerprint density at radius 3 is 1.18 bits per heavy atom. The normalized spacial score (nSPS) is 11.8. The Bertz CT molecular complexity index is 1040. The van der Waals surface area contributed by atoms with Gasteiger partial charge in [-0.25, -0.2) is 0 Å². The average Bonchev–Trinajstić information content (AvgIpc) is 3.13. The number of hydrogen-bond donors (Lipinski definition) is 8. The molecule has 328 valence electrons. The van der Waals surface area contributed by atoms with Crippen LogP contribution in [0, 0.1) is 0 Å². The fourth-order valence-electron chi connectivity index (χ4n) is 4.69. The molecule has 0 aliphatic carbocycles. The van der Waals surface area contributed by atoms with Crippen LogP contribution in [0.25, 0.3) is 0 Å². The van der Waals surface area contributed by atoms with Crippen LogP contribution in [0.3, 0.4) is 0 Å². The Kier molecular flexibility index (Phi) is 59.9. The van der Waals surface area contributed by atoms with Gasteiger partial charge in [-0.2, -0.15) is 0 Å². The molecule has 0 saturated heterocycles. The molecule has 0 aromatic rings. The molecule has 0 aliphatic rings. The van der Waals surface area contributed by atoms with E-state index in [0.717, 1.165) is 38.5 Å². The maximum absolute atomic E-state index is 12.1. The maximum Gasteiger partial charge on any atom is 1.00 e. The summed E-state index contributed by atoms with van der Waals surface area (Å²) in [6.45, 7) is 11.3. The molecule has 0 fully saturated rings. The van der Waals surface area contributed by atoms with Crippen LogP contribution in [0.15, 0.2) is 9.98 Å². The van der Waals surface area contributed by atoms with Gasteiger partial charge in [-0.15, -0.1) is 0 Å². The summed E-state index contributed by atoms with van der Waals surface area (Å²) in [6.07, 6.45) is 7.70. The SMILES string of the molecule is CCC(=O)[C@H](CCCNC(=O)CC(=O)NCCC[C@@H](C(=O)CC)N(C)CC)N(C)CC.NC(N)=NCCC[C@@H](N)C=O.NC(N)=NCCC[C@@H](N)C=O.[2HH].[2HH].[I-].[I-].[Na+].[Na+]. The van der Waals surface area contributed by atoms with E-state index in [1.54, 1.807) is 0 Å². The molecular weight excluding hydrogens is 984 g/mol. The molecule has 0 heterocycles. The quantitative estimate of drug-likeness (QED) is 0.00687. The van der Waals surface area contributed by atoms with E-state index in [4.69, 9.17) is 34.4 Å². The molecule has 0 aromatic carbocycles. The number of amides is 2. The number of Topliss-reactive ketones (excluding diaryl/α,β-unsaturated/α-hetero) is 2. The predicted octanol–water partition coefficient (Wildman–Crippen LogP) is -12.6. The van der Waals surface area contributed by atoms with E-state index >= 15 is 0 Å². The monoisotopic (exact) mass is 1060 g/mol. The average molecular weight is 1060 g/mol. The zero-order valence-corrected chi connectivity index (χ0v) is 44.3. The molecular formula is C35H76I2N12Na2O6. The molecule has 4 atom stereocenters. The first kappa shape index (κ1) is 71.0. The van der Waals surface area contributed by atoms with E-state index in [9.17, 15) is 28.8 Å². The smallest absolute Gasteiger partial charge is 1.00 e. The minimum Gasteiger partial charge on any atom is -1.00 e. The Balaban J connectivity index is -0.000000106. The van der Waals surface area contributed by atoms with Crippen LogP contribution in [0.2, 0.25) is 0 Å². The van der Waals surface area contributed by atoms with Crippen LogP contribution in [0.1, 0.15) is 101 Å². The van der Waals surface area contributed by atoms with Gasteiger partial charge in [0, 0.05) is 41.9 Å². The second kappa shape index (κ2) is 48.1. The van der Waals surface area contributed by atoms with Gasteiger partial charge in [0.1, 0.15) is 30.6 Å². The van der Waals surface area contributed by atoms with Crippen molar-refractivity contribution < 1.29 is 139 Å². The molecule has 0 aromatic heterocycles. The number of likely N-dealkylation sites (N-methyl/N-ethyl adjacent to an activating group) is 2. The number of guanidine groups is 2. The van der Waals surface area contributed by atoms with Crippen molar-refractivity contribution in [2.45, 2.75) is 122 Å². The predicted molar refractivity (Wildman–Crippen MR) is 216 cm³/mol. The van der Waals surface area contributed by atoms with Gasteiger partial charge in [0.2, 0.25) is 11.8 Å². The van der Waals surface area contributed by atoms with Gasteiger partial charge >= 0.3 is 59.1 Å². The maximum atomic E-state index is 12.1. The molecule has 0 spiro atoms. The van der Waals surface area contributed by atoms with Crippen LogP contribution in [-0.2, 0) is 28.8 Å². The van der Waals surface area contributed by atoms with Crippen LogP contribution < -0.4 is 152 Å². The molecule has 0 unspecified atom stereocenters. The molecule has 57 heavy (non-hydrogen) atoms. The molecule has 0 aliphatic heterocycles. The summed E-state index contributed by atoms with van der Waals surface area (Å²) in [5, 5.41) is 5.51. The fourth-order valence-corrected chi connectivity index (χ4v) is 4.69. The number of ketones is 2. The first-order valence-corrected chi connectivity index (χ1v) is 18.6. The van der Waals surface area contributed by atoms with E-state index in [-0.39, 0.29) is 176 Å². The fraction of sp³-hybridized carbons (Fsp3) is 0.771. The van der Waals surface area contributed by atoms with E-state index in [1.165, 1.54) is 0 Å². The number of carbonyl (C=O) groups excluding carboxylic acids is 6. The molecule has 0 bridgehead atoms. The Morgan fingerprint density at radius 1 is 0.614 bits per heavy atom. The number of carbonyl (C=O) groups is 6. The van der Waals surface area contributed by atoms with Crippen LogP contribution >= 0.6 is 0 Å². The van der Waals surface area contributed by atoms with E-state index in [0.29, 0.717) is 77.5 Å². The van der Waals surface area contributed by atoms with Gasteiger partial charge in [0.15, 0.2) is 11.9 Å². The van der Waals surface area contributed by atoms with Gasteiger partial charge in [-0.3, -0.25) is 39.0 Å². The second-order valence-electron chi connectivity index (χ2n) is 12.5. The van der Waals surface area contributed by atoms with Crippen molar-refractivity contribution in [3.63, 3.8) is 0 Å². The number of aldehydes is 2. The molecule has 0 radical (unpaired) electrons. The minimum atomic E-state index is -0.385. The molecule has 0 rings (SSSR count). The van der Waals surface area contributed by atoms with Crippen molar-refractivity contribution in [2.75, 3.05) is 53.4 Å². The third-order valence-electron chi connectivity index (χ3n) is 8.11. The third-order valence-corrected chi connectivity index (χ3v) is 8.11. The Labute approximate surface area is 423 Å². The summed E-state index contributed by atoms with van der Waals surface area (Å²) in [4.78, 5) is 79.6. The first-order chi connectivity index (χ1) is 25.0. The number of halogens is 2. The second-order valence-corrected chi connectivity index (χ2v) is 12.5. The van der Waals surface area contributed by atoms with Gasteiger partial charge in [0.05, 0.1) is 24.2 Å². The molecule has 18 nitrogen and oxygen atoms in total. The van der Waals surface area contributed by atoms with Gasteiger partial charge in [-0.05, 0) is 78.6 Å². The van der Waals surface area contributed by atoms with Crippen LogP contribution in [-0.4, -0.2) is 135 Å². The summed E-state index contributed by atoms with van der Waals surface area (Å²) in [7, 11) is 3.86. The van der Waals surface area contributed by atoms with Crippen molar-refractivity contribution >= 4 is 47.9 Å². The summed E-state index contributed by atoms with van der Waals surface area (Å²) in [6, 6.07) is -1.01. The zero-order valence-electron chi connectivity index (χ0n) is 35.9. The Hall–Kier alpha value is -0.540. The number of nitrogens with two attached hydrogens (primary N) is 6. The first-order valence-electron chi connectivity index (χ1n) is 18.6. The van der Waals surface area contributed by atoms with Crippen LogP contribution in [0.4, 0.5) is 0 Å². The number of hydrogen-bond acceptors (Lipinski definition) is 12. The van der Waals surface area contributed by atoms with E-state index in [1.807, 2.05) is 51.6 Å². The van der Waals surface area contributed by atoms with Gasteiger partial charge in [0.25, 0.3) is 0 Å². The van der Waals surface area contributed by atoms with Gasteiger partial charge in [-0.1, -0.05) is 27.7 Å². The molecule has 2 amide bonds. The van der Waals surface area contributed by atoms with E-state index < -0.39 is 0 Å². The summed E-state index contributed by atoms with van der Waals surface area (Å²) in [5.74, 6) is -0.0607. The largest absolute Gasteiger partial charge is 1.00 e. The standard InChI is InChI=1S/C23H44N4O4.2C6H14N4O.2HI.2Na.2H2/c1-7-20(28)18(26(5)9-3)13-11-15-24-22(30)17-23(31)25-16-12-14-19(21(29)8-2)27(6)10-4;2*7-5(4-11)2-1-3-10-6(8)9;;;;;;/h18-19H,7-17H2,1-6H3,(H,24,30)(H,25,31);2*4-5H,1-3,7H2,(H4,8,9,10);2*1H;;;2*1H/q;;;;;2*+1;;/p-2/t18-,19-;2*5-;;;;;;/m011....../s1/i;;;;;;;2*1+1. The molecule has 0 saturated carbocycles. The molecule has 14 N–H and O–H groups in total. The van der Waals surface area contributed by atoms with Crippen molar-refractivity contribution in [2.24, 2.45) is 44.4 Å². The summed E-state index contributed by atoms with van der Waals surface area (Å²) in [5.41, 5.74) is 30.9. The van der Waals surface area contributed by atoms with Gasteiger partial charge < -0.3 is 103 Å². The minimum absolute atomic E-state index is 0. The van der Waals surface area contributed by atoms with Crippen LogP contribution in [0.5, 0.6) is 0 Å². The summed E-state index contributed by atoms with van der Waals surface area (Å²) >= 11 is 0. The number of aliphatic imine (C=N–C) groups is 2. The van der Waals surface area contributed by atoms with Crippen molar-refractivity contribution in [1.82, 2.24) is 20.4 Å². The van der Waals surface area contributed by atoms with E-state index in [2.05, 4.69) is 20.6 Å². The Morgan fingerprint density at radius 2 is 0.930 bits per heavy atom. The van der Waals surface area contributed by atoms with Crippen molar-refractivity contribution in [3.8, 4) is 0 Å². The number of nitrogens with one attached hydrogen (secondary N) is 2. The summed E-state index contributed by atoms with van der Waals surface area (Å²) < 4.78 is 0. The zero-order chi connectivity index (χ0) is 41.2. The molecule has 22 heteroatoms. The third kappa shape index (κ3) is 44.8. The number of nitrogens with zero attached hydrogens (tertiary/aromatic N) is 4. The number of rotatable bonds is 28.